The van der Waals surface area contributed by atoms with Gasteiger partial charge in [0.2, 0.25) is 0 Å². The highest BCUT2D eigenvalue weighted by Gasteiger charge is 2.29. The Balaban J connectivity index is 2.12. The second kappa shape index (κ2) is 1.20. The van der Waals surface area contributed by atoms with E-state index in [-0.39, 0.29) is 0 Å². The van der Waals surface area contributed by atoms with Crippen LogP contribution in [0.25, 0.3) is 0 Å². The fourth-order valence-electron chi connectivity index (χ4n) is 1.26. The van der Waals surface area contributed by atoms with Crippen molar-refractivity contribution in [1.82, 2.24) is 4.90 Å². The maximum Gasteiger partial charge on any atom is 0.0995 e. The largest absolute Gasteiger partial charge is 0.361 e. The molecule has 0 saturated carbocycles. The summed E-state index contributed by atoms with van der Waals surface area (Å²) in [6.45, 7) is 3.36. The van der Waals surface area contributed by atoms with Gasteiger partial charge in [0.25, 0.3) is 0 Å². The Morgan fingerprint density at radius 1 is 1.57 bits per heavy atom. The quantitative estimate of drug-likeness (QED) is 0.425. The molecule has 0 N–H and O–H groups in total. The Hall–Kier alpha value is -0.0800. The zero-order valence-corrected chi connectivity index (χ0v) is 4.26. The van der Waals surface area contributed by atoms with Crippen molar-refractivity contribution in [3.05, 3.63) is 0 Å². The summed E-state index contributed by atoms with van der Waals surface area (Å²) in [5.41, 5.74) is 0. The Morgan fingerprint density at radius 2 is 2.57 bits per heavy atom. The molecule has 2 aliphatic rings. The van der Waals surface area contributed by atoms with Crippen LogP contribution < -0.4 is 0 Å². The molecule has 0 spiro atoms. The molecule has 0 radical (unpaired) electrons. The first-order valence-electron chi connectivity index (χ1n) is 2.79. The third kappa shape index (κ3) is 0.469. The number of nitrogens with zero attached hydrogens (tertiary/aromatic N) is 1. The van der Waals surface area contributed by atoms with Gasteiger partial charge in [-0.2, -0.15) is 0 Å². The zero-order valence-electron chi connectivity index (χ0n) is 4.26. The summed E-state index contributed by atoms with van der Waals surface area (Å²) < 4.78 is 5.28. The van der Waals surface area contributed by atoms with Gasteiger partial charge in [-0.1, -0.05) is 0 Å². The van der Waals surface area contributed by atoms with E-state index in [0.717, 1.165) is 6.73 Å². The van der Waals surface area contributed by atoms with Crippen LogP contribution in [0.1, 0.15) is 6.42 Å². The van der Waals surface area contributed by atoms with E-state index in [9.17, 15) is 0 Å². The first-order chi connectivity index (χ1) is 3.45. The molecule has 2 saturated heterocycles. The number of fused-ring (bicyclic) bond motifs is 2. The lowest BCUT2D eigenvalue weighted by Gasteiger charge is -2.10. The molecule has 1 unspecified atom stereocenters. The molecule has 2 heterocycles. The average Bonchev–Trinajstić information content (AvgIpc) is 2.22. The molecule has 2 heteroatoms. The van der Waals surface area contributed by atoms with Gasteiger partial charge in [0.1, 0.15) is 0 Å². The fraction of sp³-hybridized carbons (Fsp3) is 1.00. The van der Waals surface area contributed by atoms with E-state index in [0.29, 0.717) is 6.10 Å². The van der Waals surface area contributed by atoms with Crippen LogP contribution in [0, 0.1) is 0 Å². The molecular formula is C5H9NO. The van der Waals surface area contributed by atoms with Gasteiger partial charge in [-0.3, -0.25) is 4.90 Å². The highest BCUT2D eigenvalue weighted by Crippen LogP contribution is 2.18. The summed E-state index contributed by atoms with van der Waals surface area (Å²) in [4.78, 5) is 2.34. The topological polar surface area (TPSA) is 12.5 Å². The predicted molar refractivity (Wildman–Crippen MR) is 25.9 cm³/mol. The molecule has 0 aliphatic carbocycles. The zero-order chi connectivity index (χ0) is 4.69. The molecule has 2 nitrogen and oxygen atoms in total. The third-order valence-electron chi connectivity index (χ3n) is 1.72. The summed E-state index contributed by atoms with van der Waals surface area (Å²) in [5, 5.41) is 0. The van der Waals surface area contributed by atoms with Crippen molar-refractivity contribution in [2.75, 3.05) is 19.8 Å². The van der Waals surface area contributed by atoms with E-state index in [1.165, 1.54) is 19.5 Å². The fourth-order valence-corrected chi connectivity index (χ4v) is 1.26. The molecule has 2 atom stereocenters. The van der Waals surface area contributed by atoms with Gasteiger partial charge in [-0.25, -0.2) is 0 Å². The summed E-state index contributed by atoms with van der Waals surface area (Å²) in [7, 11) is 0. The molecule has 0 amide bonds. The van der Waals surface area contributed by atoms with Crippen LogP contribution in [-0.2, 0) is 4.74 Å². The number of rotatable bonds is 0. The Morgan fingerprint density at radius 3 is 2.71 bits per heavy atom. The van der Waals surface area contributed by atoms with Crippen molar-refractivity contribution in [2.24, 2.45) is 0 Å². The average molecular weight is 99.1 g/mol. The van der Waals surface area contributed by atoms with Crippen molar-refractivity contribution >= 4 is 0 Å². The van der Waals surface area contributed by atoms with E-state index in [1.54, 1.807) is 0 Å². The number of hydrogen-bond donors (Lipinski definition) is 0. The molecule has 7 heavy (non-hydrogen) atoms. The lowest BCUT2D eigenvalue weighted by Crippen LogP contribution is -2.17. The molecule has 0 aromatic rings. The van der Waals surface area contributed by atoms with Gasteiger partial charge >= 0.3 is 0 Å². The summed E-state index contributed by atoms with van der Waals surface area (Å²) in [6.07, 6.45) is 1.86. The minimum atomic E-state index is 0.597. The Labute approximate surface area is 43.1 Å². The summed E-state index contributed by atoms with van der Waals surface area (Å²) in [6, 6.07) is 0. The lowest BCUT2D eigenvalue weighted by molar-refractivity contribution is 0.0511. The summed E-state index contributed by atoms with van der Waals surface area (Å²) >= 11 is 0. The van der Waals surface area contributed by atoms with Crippen LogP contribution in [0.3, 0.4) is 0 Å². The normalized spacial score (nSPS) is 48.0. The van der Waals surface area contributed by atoms with Gasteiger partial charge in [-0.05, 0) is 6.42 Å². The van der Waals surface area contributed by atoms with Gasteiger partial charge in [0, 0.05) is 13.1 Å². The van der Waals surface area contributed by atoms with Crippen LogP contribution in [0.4, 0.5) is 0 Å². The SMILES string of the molecule is C1CN2CO[C@@H]1C2. The highest BCUT2D eigenvalue weighted by atomic mass is 16.5. The van der Waals surface area contributed by atoms with Crippen LogP contribution in [-0.4, -0.2) is 30.8 Å². The Bertz CT molecular complexity index is 66.1. The maximum atomic E-state index is 5.28. The second-order valence-electron chi connectivity index (χ2n) is 2.28. The second-order valence-corrected chi connectivity index (χ2v) is 2.28. The van der Waals surface area contributed by atoms with E-state index in [2.05, 4.69) is 4.90 Å². The number of ether oxygens (including phenoxy) is 1. The predicted octanol–water partition coefficient (Wildman–Crippen LogP) is 0.0484. The highest BCUT2D eigenvalue weighted by molar-refractivity contribution is 4.78. The molecule has 0 aromatic heterocycles. The molecular weight excluding hydrogens is 90.1 g/mol. The van der Waals surface area contributed by atoms with Crippen LogP contribution in [0.15, 0.2) is 0 Å². The van der Waals surface area contributed by atoms with Gasteiger partial charge in [-0.15, -0.1) is 0 Å². The van der Waals surface area contributed by atoms with Gasteiger partial charge in [0.05, 0.1) is 12.8 Å². The number of hydrogen-bond acceptors (Lipinski definition) is 2. The summed E-state index contributed by atoms with van der Waals surface area (Å²) in [5.74, 6) is 0. The minimum Gasteiger partial charge on any atom is -0.361 e. The van der Waals surface area contributed by atoms with E-state index in [1.807, 2.05) is 0 Å². The Kier molecular flexibility index (Phi) is 0.664. The van der Waals surface area contributed by atoms with Crippen LogP contribution in [0.2, 0.25) is 0 Å². The molecule has 2 bridgehead atoms. The van der Waals surface area contributed by atoms with Crippen LogP contribution >= 0.6 is 0 Å². The minimum absolute atomic E-state index is 0.597. The first kappa shape index (κ1) is 3.87. The monoisotopic (exact) mass is 99.1 g/mol. The van der Waals surface area contributed by atoms with Crippen molar-refractivity contribution in [2.45, 2.75) is 12.5 Å². The molecule has 40 valence electrons. The van der Waals surface area contributed by atoms with Crippen molar-refractivity contribution in [3.8, 4) is 0 Å². The van der Waals surface area contributed by atoms with E-state index >= 15 is 0 Å². The molecule has 2 aliphatic heterocycles. The molecule has 2 rings (SSSR count). The molecule has 2 fully saturated rings. The van der Waals surface area contributed by atoms with E-state index < -0.39 is 0 Å². The van der Waals surface area contributed by atoms with Crippen molar-refractivity contribution in [1.29, 1.82) is 0 Å². The molecule has 0 aromatic carbocycles. The van der Waals surface area contributed by atoms with Crippen molar-refractivity contribution in [3.63, 3.8) is 0 Å². The standard InChI is InChI=1S/C5H9NO/c1-2-6-3-5(1)7-4-6/h5H,1-4H2/t5-/m0/s1. The van der Waals surface area contributed by atoms with Gasteiger partial charge < -0.3 is 4.74 Å². The van der Waals surface area contributed by atoms with Gasteiger partial charge in [0.15, 0.2) is 0 Å². The lowest BCUT2D eigenvalue weighted by atomic mass is 10.3. The van der Waals surface area contributed by atoms with Crippen LogP contribution in [0.5, 0.6) is 0 Å². The maximum absolute atomic E-state index is 5.28. The van der Waals surface area contributed by atoms with Crippen molar-refractivity contribution < 1.29 is 4.74 Å². The first-order valence-corrected chi connectivity index (χ1v) is 2.79. The third-order valence-corrected chi connectivity index (χ3v) is 1.72. The van der Waals surface area contributed by atoms with E-state index in [4.69, 9.17) is 4.74 Å². The smallest absolute Gasteiger partial charge is 0.0995 e.